The monoisotopic (exact) mass is 648 g/mol. The molecule has 0 amide bonds. The van der Waals surface area contributed by atoms with Crippen LogP contribution in [0.15, 0.2) is 170 Å². The Kier molecular flexibility index (Phi) is 5.92. The molecular weight excluding hydrogens is 621 g/mol. The molecule has 0 fully saturated rings. The minimum atomic E-state index is 0.632. The highest BCUT2D eigenvalue weighted by Crippen LogP contribution is 2.48. The summed E-state index contributed by atoms with van der Waals surface area (Å²) in [4.78, 5) is 15.8. The molecule has 0 bridgehead atoms. The van der Waals surface area contributed by atoms with Gasteiger partial charge in [0.05, 0.1) is 16.7 Å². The molecule has 4 heteroatoms. The SMILES string of the molecule is c1ccc(-c2nc(-c3cc4c5c(cccc5c3)-c3ccccc3-4)nc(-c3cc4ccccc4cc3-n3c4ccccc4c4ccccc43)n2)cc1. The van der Waals surface area contributed by atoms with E-state index in [9.17, 15) is 0 Å². The number of aromatic nitrogens is 4. The molecule has 11 rings (SSSR count). The number of hydrogen-bond acceptors (Lipinski definition) is 3. The zero-order chi connectivity index (χ0) is 33.5. The van der Waals surface area contributed by atoms with E-state index in [1.54, 1.807) is 0 Å². The van der Waals surface area contributed by atoms with Crippen molar-refractivity contribution in [2.75, 3.05) is 0 Å². The minimum absolute atomic E-state index is 0.632. The average Bonchev–Trinajstić information content (AvgIpc) is 3.71. The Bertz CT molecular complexity index is 2980. The quantitative estimate of drug-likeness (QED) is 0.191. The lowest BCUT2D eigenvalue weighted by atomic mass is 9.99. The molecule has 0 unspecified atom stereocenters. The normalized spacial score (nSPS) is 11.9. The molecule has 0 spiro atoms. The smallest absolute Gasteiger partial charge is 0.166 e. The molecule has 0 radical (unpaired) electrons. The number of benzene rings is 8. The Morgan fingerprint density at radius 1 is 0.333 bits per heavy atom. The van der Waals surface area contributed by atoms with Crippen molar-refractivity contribution < 1.29 is 0 Å². The number of para-hydroxylation sites is 2. The molecule has 0 N–H and O–H groups in total. The fourth-order valence-corrected chi connectivity index (χ4v) is 8.06. The van der Waals surface area contributed by atoms with Crippen LogP contribution in [0.3, 0.4) is 0 Å². The maximum atomic E-state index is 5.36. The number of hydrogen-bond donors (Lipinski definition) is 0. The van der Waals surface area contributed by atoms with Crippen molar-refractivity contribution in [3.8, 4) is 62.1 Å². The first-order valence-electron chi connectivity index (χ1n) is 17.3. The summed E-state index contributed by atoms with van der Waals surface area (Å²) in [6.45, 7) is 0. The maximum absolute atomic E-state index is 5.36. The van der Waals surface area contributed by atoms with E-state index in [-0.39, 0.29) is 0 Å². The molecule has 4 nitrogen and oxygen atoms in total. The van der Waals surface area contributed by atoms with Gasteiger partial charge in [0, 0.05) is 27.5 Å². The summed E-state index contributed by atoms with van der Waals surface area (Å²) in [5.74, 6) is 1.92. The van der Waals surface area contributed by atoms with Gasteiger partial charge in [0.15, 0.2) is 17.5 Å². The molecular formula is C47H28N4. The van der Waals surface area contributed by atoms with Gasteiger partial charge in [-0.05, 0) is 80.2 Å². The van der Waals surface area contributed by atoms with E-state index in [0.29, 0.717) is 17.5 Å². The molecule has 2 aromatic heterocycles. The van der Waals surface area contributed by atoms with Crippen LogP contribution in [0, 0.1) is 0 Å². The topological polar surface area (TPSA) is 43.6 Å². The third-order valence-electron chi connectivity index (χ3n) is 10.3. The lowest BCUT2D eigenvalue weighted by molar-refractivity contribution is 1.07. The Morgan fingerprint density at radius 3 is 1.63 bits per heavy atom. The summed E-state index contributed by atoms with van der Waals surface area (Å²) in [5.41, 5.74) is 11.2. The molecule has 1 aliphatic carbocycles. The molecule has 1 aliphatic rings. The van der Waals surface area contributed by atoms with Gasteiger partial charge in [-0.25, -0.2) is 15.0 Å². The van der Waals surface area contributed by atoms with Crippen molar-refractivity contribution in [2.24, 2.45) is 0 Å². The second kappa shape index (κ2) is 10.8. The van der Waals surface area contributed by atoms with Crippen LogP contribution in [0.2, 0.25) is 0 Å². The molecule has 51 heavy (non-hydrogen) atoms. The van der Waals surface area contributed by atoms with Crippen LogP contribution in [0.1, 0.15) is 0 Å². The van der Waals surface area contributed by atoms with E-state index in [1.807, 2.05) is 18.2 Å². The molecule has 10 aromatic rings. The summed E-state index contributed by atoms with van der Waals surface area (Å²) in [5, 5.41) is 7.16. The number of rotatable bonds is 4. The van der Waals surface area contributed by atoms with E-state index < -0.39 is 0 Å². The lowest BCUT2D eigenvalue weighted by Crippen LogP contribution is -2.04. The predicted molar refractivity (Wildman–Crippen MR) is 210 cm³/mol. The van der Waals surface area contributed by atoms with Crippen LogP contribution in [-0.4, -0.2) is 19.5 Å². The highest BCUT2D eigenvalue weighted by atomic mass is 15.1. The van der Waals surface area contributed by atoms with Crippen LogP contribution < -0.4 is 0 Å². The van der Waals surface area contributed by atoms with Gasteiger partial charge in [0.2, 0.25) is 0 Å². The van der Waals surface area contributed by atoms with E-state index in [4.69, 9.17) is 15.0 Å². The number of nitrogens with zero attached hydrogens (tertiary/aromatic N) is 4. The standard InChI is InChI=1S/C47H28N4/c1-2-13-29(14-3-1)45-48-46(33-25-32-17-12-22-38-34-18-6-7-19-35(34)39(27-33)44(32)38)50-47(49-45)40-26-30-15-4-5-16-31(30)28-43(40)51-41-23-10-8-20-36(41)37-21-9-11-24-42(37)51/h1-28H. The van der Waals surface area contributed by atoms with Gasteiger partial charge in [-0.2, -0.15) is 0 Å². The van der Waals surface area contributed by atoms with Crippen molar-refractivity contribution in [3.63, 3.8) is 0 Å². The fourth-order valence-electron chi connectivity index (χ4n) is 8.06. The van der Waals surface area contributed by atoms with Gasteiger partial charge in [-0.1, -0.05) is 133 Å². The third kappa shape index (κ3) is 4.23. The first-order chi connectivity index (χ1) is 25.3. The Hall–Kier alpha value is -6.91. The molecule has 0 saturated carbocycles. The molecule has 2 heterocycles. The maximum Gasteiger partial charge on any atom is 0.166 e. The van der Waals surface area contributed by atoms with E-state index in [0.717, 1.165) is 44.2 Å². The molecule has 236 valence electrons. The van der Waals surface area contributed by atoms with Gasteiger partial charge in [0.1, 0.15) is 0 Å². The second-order valence-electron chi connectivity index (χ2n) is 13.2. The van der Waals surface area contributed by atoms with Gasteiger partial charge in [-0.3, -0.25) is 0 Å². The molecule has 0 atom stereocenters. The van der Waals surface area contributed by atoms with Gasteiger partial charge in [-0.15, -0.1) is 0 Å². The van der Waals surface area contributed by atoms with Gasteiger partial charge in [0.25, 0.3) is 0 Å². The number of fused-ring (bicyclic) bond motifs is 7. The molecule has 0 saturated heterocycles. The van der Waals surface area contributed by atoms with Gasteiger partial charge < -0.3 is 4.57 Å². The predicted octanol–water partition coefficient (Wildman–Crippen LogP) is 11.9. The average molecular weight is 649 g/mol. The summed E-state index contributed by atoms with van der Waals surface area (Å²) < 4.78 is 2.37. The zero-order valence-corrected chi connectivity index (χ0v) is 27.5. The summed E-state index contributed by atoms with van der Waals surface area (Å²) in [6, 6.07) is 60.3. The summed E-state index contributed by atoms with van der Waals surface area (Å²) in [7, 11) is 0. The Morgan fingerprint density at radius 2 is 0.882 bits per heavy atom. The van der Waals surface area contributed by atoms with Crippen molar-refractivity contribution >= 4 is 43.4 Å². The molecule has 8 aromatic carbocycles. The van der Waals surface area contributed by atoms with E-state index >= 15 is 0 Å². The van der Waals surface area contributed by atoms with Crippen molar-refractivity contribution in [1.82, 2.24) is 19.5 Å². The summed E-state index contributed by atoms with van der Waals surface area (Å²) >= 11 is 0. The van der Waals surface area contributed by atoms with Crippen LogP contribution in [-0.2, 0) is 0 Å². The zero-order valence-electron chi connectivity index (χ0n) is 27.5. The first-order valence-corrected chi connectivity index (χ1v) is 17.3. The Balaban J connectivity index is 1.22. The second-order valence-corrected chi connectivity index (χ2v) is 13.2. The van der Waals surface area contributed by atoms with E-state index in [1.165, 1.54) is 43.8 Å². The fraction of sp³-hybridized carbons (Fsp3) is 0. The minimum Gasteiger partial charge on any atom is -0.308 e. The van der Waals surface area contributed by atoms with Crippen LogP contribution in [0.4, 0.5) is 0 Å². The Labute approximate surface area is 294 Å². The highest BCUT2D eigenvalue weighted by molar-refractivity contribution is 6.16. The third-order valence-corrected chi connectivity index (χ3v) is 10.3. The lowest BCUT2D eigenvalue weighted by Gasteiger charge is -2.16. The first kappa shape index (κ1) is 28.0. The van der Waals surface area contributed by atoms with Crippen LogP contribution >= 0.6 is 0 Å². The largest absolute Gasteiger partial charge is 0.308 e. The van der Waals surface area contributed by atoms with Crippen molar-refractivity contribution in [3.05, 3.63) is 170 Å². The van der Waals surface area contributed by atoms with Crippen molar-refractivity contribution in [1.29, 1.82) is 0 Å². The van der Waals surface area contributed by atoms with E-state index in [2.05, 4.69) is 156 Å². The van der Waals surface area contributed by atoms with Crippen LogP contribution in [0.5, 0.6) is 0 Å². The summed E-state index contributed by atoms with van der Waals surface area (Å²) in [6.07, 6.45) is 0. The van der Waals surface area contributed by atoms with Crippen LogP contribution in [0.25, 0.3) is 105 Å². The highest BCUT2D eigenvalue weighted by Gasteiger charge is 2.24. The van der Waals surface area contributed by atoms with Gasteiger partial charge >= 0.3 is 0 Å². The van der Waals surface area contributed by atoms with Crippen molar-refractivity contribution in [2.45, 2.75) is 0 Å². The molecule has 0 aliphatic heterocycles.